The van der Waals surface area contributed by atoms with Crippen LogP contribution in [0.3, 0.4) is 0 Å². The first-order chi connectivity index (χ1) is 8.75. The van der Waals surface area contributed by atoms with E-state index in [1.165, 1.54) is 0 Å². The van der Waals surface area contributed by atoms with E-state index in [1.807, 2.05) is 55.7 Å². The van der Waals surface area contributed by atoms with Crippen LogP contribution in [-0.2, 0) is 6.54 Å². The fourth-order valence-electron chi connectivity index (χ4n) is 1.94. The Bertz CT molecular complexity index is 458. The third kappa shape index (κ3) is 3.65. The van der Waals surface area contributed by atoms with Gasteiger partial charge in [-0.2, -0.15) is 0 Å². The third-order valence-electron chi connectivity index (χ3n) is 2.84. The second-order valence-corrected chi connectivity index (χ2v) is 4.48. The molecule has 18 heavy (non-hydrogen) atoms. The molecule has 1 heterocycles. The molecule has 0 unspecified atom stereocenters. The van der Waals surface area contributed by atoms with Crippen molar-refractivity contribution in [2.24, 2.45) is 0 Å². The van der Waals surface area contributed by atoms with Gasteiger partial charge in [-0.1, -0.05) is 36.4 Å². The molecular formula is C15H18N2O. The van der Waals surface area contributed by atoms with Gasteiger partial charge in [0.1, 0.15) is 0 Å². The van der Waals surface area contributed by atoms with E-state index >= 15 is 0 Å². The topological polar surface area (TPSA) is 36.4 Å². The summed E-state index contributed by atoms with van der Waals surface area (Å²) >= 11 is 0. The van der Waals surface area contributed by atoms with Gasteiger partial charge in [-0.3, -0.25) is 9.88 Å². The van der Waals surface area contributed by atoms with Crippen molar-refractivity contribution in [3.63, 3.8) is 0 Å². The molecule has 1 aromatic carbocycles. The Kier molecular flexibility index (Phi) is 4.45. The molecule has 0 saturated heterocycles. The molecular weight excluding hydrogens is 224 g/mol. The van der Waals surface area contributed by atoms with E-state index in [2.05, 4.69) is 9.88 Å². The van der Waals surface area contributed by atoms with Gasteiger partial charge in [0, 0.05) is 25.5 Å². The van der Waals surface area contributed by atoms with Crippen molar-refractivity contribution in [1.29, 1.82) is 0 Å². The molecule has 0 bridgehead atoms. The Balaban J connectivity index is 1.90. The molecule has 1 atom stereocenters. The summed E-state index contributed by atoms with van der Waals surface area (Å²) in [6.45, 7) is 1.40. The molecule has 0 spiro atoms. The fourth-order valence-corrected chi connectivity index (χ4v) is 1.94. The van der Waals surface area contributed by atoms with Crippen LogP contribution in [-0.4, -0.2) is 28.6 Å². The maximum absolute atomic E-state index is 10.1. The zero-order chi connectivity index (χ0) is 12.8. The van der Waals surface area contributed by atoms with Gasteiger partial charge in [-0.25, -0.2) is 0 Å². The van der Waals surface area contributed by atoms with Gasteiger partial charge >= 0.3 is 0 Å². The highest BCUT2D eigenvalue weighted by molar-refractivity contribution is 5.17. The number of aromatic nitrogens is 1. The molecule has 3 nitrogen and oxygen atoms in total. The number of likely N-dealkylation sites (N-methyl/N-ethyl adjacent to an activating group) is 1. The Labute approximate surface area is 108 Å². The van der Waals surface area contributed by atoms with Crippen LogP contribution in [0.1, 0.15) is 17.2 Å². The largest absolute Gasteiger partial charge is 0.387 e. The standard InChI is InChI=1S/C15H18N2O/c1-17(11-13-6-5-9-16-10-13)12-15(18)14-7-3-2-4-8-14/h2-10,15,18H,11-12H2,1H3/t15-/m0/s1. The van der Waals surface area contributed by atoms with Crippen LogP contribution in [0.15, 0.2) is 54.9 Å². The Morgan fingerprint density at radius 1 is 1.17 bits per heavy atom. The normalized spacial score (nSPS) is 12.6. The summed E-state index contributed by atoms with van der Waals surface area (Å²) in [4.78, 5) is 6.18. The first kappa shape index (κ1) is 12.7. The van der Waals surface area contributed by atoms with Gasteiger partial charge in [0.15, 0.2) is 0 Å². The van der Waals surface area contributed by atoms with Crippen molar-refractivity contribution in [2.45, 2.75) is 12.6 Å². The zero-order valence-electron chi connectivity index (χ0n) is 10.5. The second kappa shape index (κ2) is 6.28. The summed E-state index contributed by atoms with van der Waals surface area (Å²) in [6, 6.07) is 13.7. The molecule has 3 heteroatoms. The molecule has 0 amide bonds. The maximum atomic E-state index is 10.1. The number of hydrogen-bond acceptors (Lipinski definition) is 3. The van der Waals surface area contributed by atoms with Crippen LogP contribution in [0.25, 0.3) is 0 Å². The number of aliphatic hydroxyl groups excluding tert-OH is 1. The lowest BCUT2D eigenvalue weighted by Gasteiger charge is -2.20. The Morgan fingerprint density at radius 3 is 2.61 bits per heavy atom. The van der Waals surface area contributed by atoms with Crippen LogP contribution < -0.4 is 0 Å². The van der Waals surface area contributed by atoms with Crippen molar-refractivity contribution in [3.8, 4) is 0 Å². The van der Waals surface area contributed by atoms with Gasteiger partial charge < -0.3 is 5.11 Å². The predicted octanol–water partition coefficient (Wildman–Crippen LogP) is 2.25. The van der Waals surface area contributed by atoms with E-state index in [9.17, 15) is 5.11 Å². The average Bonchev–Trinajstić information content (AvgIpc) is 2.40. The summed E-state index contributed by atoms with van der Waals surface area (Å²) in [5, 5.41) is 10.1. The van der Waals surface area contributed by atoms with Crippen LogP contribution in [0.2, 0.25) is 0 Å². The summed E-state index contributed by atoms with van der Waals surface area (Å²) in [6.07, 6.45) is 3.17. The van der Waals surface area contributed by atoms with Crippen LogP contribution >= 0.6 is 0 Å². The molecule has 0 aliphatic carbocycles. The monoisotopic (exact) mass is 242 g/mol. The molecule has 2 aromatic rings. The summed E-state index contributed by atoms with van der Waals surface area (Å²) in [7, 11) is 2.00. The SMILES string of the molecule is CN(Cc1cccnc1)C[C@H](O)c1ccccc1. The number of pyridine rings is 1. The highest BCUT2D eigenvalue weighted by Crippen LogP contribution is 2.14. The molecule has 0 radical (unpaired) electrons. The van der Waals surface area contributed by atoms with E-state index < -0.39 is 6.10 Å². The molecule has 1 N–H and O–H groups in total. The molecule has 0 aliphatic heterocycles. The van der Waals surface area contributed by atoms with Gasteiger partial charge in [-0.05, 0) is 24.2 Å². The van der Waals surface area contributed by atoms with E-state index in [-0.39, 0.29) is 0 Å². The van der Waals surface area contributed by atoms with Gasteiger partial charge in [0.2, 0.25) is 0 Å². The molecule has 1 aromatic heterocycles. The minimum Gasteiger partial charge on any atom is -0.387 e. The van der Waals surface area contributed by atoms with Crippen molar-refractivity contribution >= 4 is 0 Å². The van der Waals surface area contributed by atoms with Crippen molar-refractivity contribution in [1.82, 2.24) is 9.88 Å². The molecule has 0 saturated carbocycles. The third-order valence-corrected chi connectivity index (χ3v) is 2.84. The van der Waals surface area contributed by atoms with Crippen LogP contribution in [0.5, 0.6) is 0 Å². The van der Waals surface area contributed by atoms with Crippen molar-refractivity contribution < 1.29 is 5.11 Å². The maximum Gasteiger partial charge on any atom is 0.0916 e. The van der Waals surface area contributed by atoms with Crippen molar-refractivity contribution in [2.75, 3.05) is 13.6 Å². The van der Waals surface area contributed by atoms with E-state index in [1.54, 1.807) is 6.20 Å². The predicted molar refractivity (Wildman–Crippen MR) is 72.0 cm³/mol. The van der Waals surface area contributed by atoms with Crippen molar-refractivity contribution in [3.05, 3.63) is 66.0 Å². The van der Waals surface area contributed by atoms with E-state index in [0.29, 0.717) is 6.54 Å². The summed E-state index contributed by atoms with van der Waals surface area (Å²) in [5.41, 5.74) is 2.11. The zero-order valence-corrected chi connectivity index (χ0v) is 10.5. The van der Waals surface area contributed by atoms with E-state index in [0.717, 1.165) is 17.7 Å². The summed E-state index contributed by atoms with van der Waals surface area (Å²) in [5.74, 6) is 0. The highest BCUT2D eigenvalue weighted by atomic mass is 16.3. The quantitative estimate of drug-likeness (QED) is 0.873. The van der Waals surface area contributed by atoms with E-state index in [4.69, 9.17) is 0 Å². The second-order valence-electron chi connectivity index (χ2n) is 4.48. The summed E-state index contributed by atoms with van der Waals surface area (Å²) < 4.78 is 0. The van der Waals surface area contributed by atoms with Crippen LogP contribution in [0, 0.1) is 0 Å². The van der Waals surface area contributed by atoms with Gasteiger partial charge in [-0.15, -0.1) is 0 Å². The smallest absolute Gasteiger partial charge is 0.0916 e. The number of benzene rings is 1. The lowest BCUT2D eigenvalue weighted by molar-refractivity contribution is 0.124. The fraction of sp³-hybridized carbons (Fsp3) is 0.267. The highest BCUT2D eigenvalue weighted by Gasteiger charge is 2.10. The first-order valence-corrected chi connectivity index (χ1v) is 6.06. The minimum absolute atomic E-state index is 0.451. The lowest BCUT2D eigenvalue weighted by Crippen LogP contribution is -2.24. The first-order valence-electron chi connectivity index (χ1n) is 6.06. The Hall–Kier alpha value is -1.71. The molecule has 2 rings (SSSR count). The average molecular weight is 242 g/mol. The number of nitrogens with zero attached hydrogens (tertiary/aromatic N) is 2. The van der Waals surface area contributed by atoms with Crippen LogP contribution in [0.4, 0.5) is 0 Å². The van der Waals surface area contributed by atoms with Gasteiger partial charge in [0.25, 0.3) is 0 Å². The van der Waals surface area contributed by atoms with Gasteiger partial charge in [0.05, 0.1) is 6.10 Å². The molecule has 0 aliphatic rings. The Morgan fingerprint density at radius 2 is 1.94 bits per heavy atom. The number of hydrogen-bond donors (Lipinski definition) is 1. The molecule has 94 valence electrons. The minimum atomic E-state index is -0.451. The number of rotatable bonds is 5. The number of aliphatic hydroxyl groups is 1. The molecule has 0 fully saturated rings. The lowest BCUT2D eigenvalue weighted by atomic mass is 10.1.